The molecule has 0 aromatic heterocycles. The first kappa shape index (κ1) is 14.2. The lowest BCUT2D eigenvalue weighted by molar-refractivity contribution is 0.104. The smallest absolute Gasteiger partial charge is 0.187 e. The van der Waals surface area contributed by atoms with E-state index in [4.69, 9.17) is 16.3 Å². The van der Waals surface area contributed by atoms with Gasteiger partial charge in [0.2, 0.25) is 0 Å². The van der Waals surface area contributed by atoms with Gasteiger partial charge in [-0.3, -0.25) is 4.79 Å². The van der Waals surface area contributed by atoms with E-state index in [0.29, 0.717) is 21.9 Å². The third kappa shape index (κ3) is 3.00. The number of hydrogen-bond donors (Lipinski definition) is 1. The summed E-state index contributed by atoms with van der Waals surface area (Å²) in [6, 6.07) is 11.9. The van der Waals surface area contributed by atoms with E-state index in [1.54, 1.807) is 42.5 Å². The molecule has 2 rings (SSSR count). The molecule has 2 aromatic rings. The van der Waals surface area contributed by atoms with E-state index in [2.05, 4.69) is 0 Å². The second-order valence-corrected chi connectivity index (χ2v) is 4.48. The quantitative estimate of drug-likeness (QED) is 0.684. The van der Waals surface area contributed by atoms with Crippen LogP contribution in [0.3, 0.4) is 0 Å². The molecule has 0 radical (unpaired) electrons. The molecule has 1 N–H and O–H groups in total. The molecular weight excluding hydrogens is 276 g/mol. The Bertz CT molecular complexity index is 663. The highest BCUT2D eigenvalue weighted by Crippen LogP contribution is 2.30. The fourth-order valence-electron chi connectivity index (χ4n) is 1.75. The van der Waals surface area contributed by atoms with Crippen molar-refractivity contribution in [3.8, 4) is 11.5 Å². The Morgan fingerprint density at radius 1 is 1.20 bits per heavy atom. The van der Waals surface area contributed by atoms with E-state index >= 15 is 0 Å². The fraction of sp³-hybridized carbons (Fsp3) is 0.0625. The molecule has 3 nitrogen and oxygen atoms in total. The van der Waals surface area contributed by atoms with Crippen LogP contribution in [0.2, 0.25) is 5.02 Å². The molecule has 0 saturated heterocycles. The number of carbonyl (C=O) groups is 1. The van der Waals surface area contributed by atoms with Crippen LogP contribution < -0.4 is 4.74 Å². The van der Waals surface area contributed by atoms with Crippen LogP contribution in [0.15, 0.2) is 48.5 Å². The molecule has 0 amide bonds. The zero-order valence-electron chi connectivity index (χ0n) is 10.8. The Morgan fingerprint density at radius 2 is 1.95 bits per heavy atom. The number of aromatic hydroxyl groups is 1. The van der Waals surface area contributed by atoms with Crippen molar-refractivity contribution in [1.29, 1.82) is 0 Å². The Kier molecular flexibility index (Phi) is 4.43. The number of allylic oxidation sites excluding steroid dienone is 1. The van der Waals surface area contributed by atoms with Crippen molar-refractivity contribution in [2.24, 2.45) is 0 Å². The molecule has 0 saturated carbocycles. The van der Waals surface area contributed by atoms with Gasteiger partial charge in [0.1, 0.15) is 0 Å². The lowest BCUT2D eigenvalue weighted by atomic mass is 10.1. The molecule has 0 aliphatic rings. The molecule has 0 aliphatic carbocycles. The van der Waals surface area contributed by atoms with Gasteiger partial charge in [-0.05, 0) is 30.4 Å². The third-order valence-electron chi connectivity index (χ3n) is 2.80. The number of para-hydroxylation sites is 1. The molecular formula is C16H13ClO3. The summed E-state index contributed by atoms with van der Waals surface area (Å²) >= 11 is 5.96. The molecule has 102 valence electrons. The first-order valence-electron chi connectivity index (χ1n) is 5.96. The standard InChI is InChI=1S/C16H13ClO3/c1-20-15-8-4-5-11(16(15)19)9-10-14(18)12-6-2-3-7-13(12)17/h2-10,19H,1H3/b10-9+. The summed E-state index contributed by atoms with van der Waals surface area (Å²) in [5, 5.41) is 10.3. The summed E-state index contributed by atoms with van der Waals surface area (Å²) in [7, 11) is 1.47. The molecule has 4 heteroatoms. The maximum Gasteiger partial charge on any atom is 0.187 e. The number of carbonyl (C=O) groups excluding carboxylic acids is 1. The Morgan fingerprint density at radius 3 is 2.65 bits per heavy atom. The topological polar surface area (TPSA) is 46.5 Å². The molecule has 2 aromatic carbocycles. The van der Waals surface area contributed by atoms with Crippen LogP contribution in [0.5, 0.6) is 11.5 Å². The number of hydrogen-bond acceptors (Lipinski definition) is 3. The van der Waals surface area contributed by atoms with E-state index in [-0.39, 0.29) is 11.5 Å². The monoisotopic (exact) mass is 288 g/mol. The normalized spacial score (nSPS) is 10.7. The molecule has 0 unspecified atom stereocenters. The van der Waals surface area contributed by atoms with Crippen LogP contribution in [0.25, 0.3) is 6.08 Å². The number of ketones is 1. The van der Waals surface area contributed by atoms with Crippen LogP contribution in [0.4, 0.5) is 0 Å². The minimum Gasteiger partial charge on any atom is -0.504 e. The van der Waals surface area contributed by atoms with Crippen LogP contribution >= 0.6 is 11.6 Å². The summed E-state index contributed by atoms with van der Waals surface area (Å²) < 4.78 is 5.01. The second kappa shape index (κ2) is 6.26. The highest BCUT2D eigenvalue weighted by Gasteiger charge is 2.08. The van der Waals surface area contributed by atoms with E-state index in [9.17, 15) is 9.90 Å². The first-order valence-corrected chi connectivity index (χ1v) is 6.34. The van der Waals surface area contributed by atoms with Crippen molar-refractivity contribution in [1.82, 2.24) is 0 Å². The average molecular weight is 289 g/mol. The van der Waals surface area contributed by atoms with E-state index < -0.39 is 0 Å². The van der Waals surface area contributed by atoms with Crippen molar-refractivity contribution >= 4 is 23.5 Å². The minimum absolute atomic E-state index is 0.00166. The summed E-state index contributed by atoms with van der Waals surface area (Å²) in [5.41, 5.74) is 0.928. The highest BCUT2D eigenvalue weighted by atomic mass is 35.5. The van der Waals surface area contributed by atoms with Crippen molar-refractivity contribution in [2.45, 2.75) is 0 Å². The van der Waals surface area contributed by atoms with Crippen molar-refractivity contribution in [2.75, 3.05) is 7.11 Å². The van der Waals surface area contributed by atoms with Crippen molar-refractivity contribution in [3.63, 3.8) is 0 Å². The third-order valence-corrected chi connectivity index (χ3v) is 3.13. The predicted molar refractivity (Wildman–Crippen MR) is 79.5 cm³/mol. The summed E-state index contributed by atoms with van der Waals surface area (Å²) in [5.74, 6) is 0.133. The van der Waals surface area contributed by atoms with E-state index in [0.717, 1.165) is 0 Å². The van der Waals surface area contributed by atoms with Crippen LogP contribution in [0.1, 0.15) is 15.9 Å². The molecule has 0 fully saturated rings. The van der Waals surface area contributed by atoms with Gasteiger partial charge in [0.25, 0.3) is 0 Å². The number of halogens is 1. The molecule has 20 heavy (non-hydrogen) atoms. The number of ether oxygens (including phenoxy) is 1. The van der Waals surface area contributed by atoms with Crippen LogP contribution in [0, 0.1) is 0 Å². The number of benzene rings is 2. The summed E-state index contributed by atoms with van der Waals surface area (Å²) in [6.07, 6.45) is 2.90. The van der Waals surface area contributed by atoms with Gasteiger partial charge < -0.3 is 9.84 Å². The minimum atomic E-state index is -0.224. The van der Waals surface area contributed by atoms with Gasteiger partial charge in [-0.1, -0.05) is 35.9 Å². The zero-order chi connectivity index (χ0) is 14.5. The zero-order valence-corrected chi connectivity index (χ0v) is 11.6. The highest BCUT2D eigenvalue weighted by molar-refractivity contribution is 6.34. The fourth-order valence-corrected chi connectivity index (χ4v) is 1.98. The van der Waals surface area contributed by atoms with Gasteiger partial charge in [0.15, 0.2) is 17.3 Å². The van der Waals surface area contributed by atoms with Gasteiger partial charge in [-0.25, -0.2) is 0 Å². The maximum atomic E-state index is 12.0. The van der Waals surface area contributed by atoms with Gasteiger partial charge >= 0.3 is 0 Å². The number of phenolic OH excluding ortho intramolecular Hbond substituents is 1. The second-order valence-electron chi connectivity index (χ2n) is 4.08. The lowest BCUT2D eigenvalue weighted by Crippen LogP contribution is -1.94. The van der Waals surface area contributed by atoms with Crippen molar-refractivity contribution in [3.05, 3.63) is 64.7 Å². The Hall–Kier alpha value is -2.26. The van der Waals surface area contributed by atoms with E-state index in [1.807, 2.05) is 0 Å². The predicted octanol–water partition coefficient (Wildman–Crippen LogP) is 3.95. The van der Waals surface area contributed by atoms with E-state index in [1.165, 1.54) is 19.3 Å². The van der Waals surface area contributed by atoms with Crippen molar-refractivity contribution < 1.29 is 14.6 Å². The largest absolute Gasteiger partial charge is 0.504 e. The van der Waals surface area contributed by atoms with Gasteiger partial charge in [-0.2, -0.15) is 0 Å². The molecule has 0 aliphatic heterocycles. The number of phenols is 1. The average Bonchev–Trinajstić information content (AvgIpc) is 2.46. The van der Waals surface area contributed by atoms with Gasteiger partial charge in [0.05, 0.1) is 12.1 Å². The van der Waals surface area contributed by atoms with Gasteiger partial charge in [-0.15, -0.1) is 0 Å². The molecule has 0 bridgehead atoms. The van der Waals surface area contributed by atoms with Crippen LogP contribution in [-0.2, 0) is 0 Å². The summed E-state index contributed by atoms with van der Waals surface area (Å²) in [6.45, 7) is 0. The summed E-state index contributed by atoms with van der Waals surface area (Å²) in [4.78, 5) is 12.0. The molecule has 0 heterocycles. The SMILES string of the molecule is COc1cccc(/C=C/C(=O)c2ccccc2Cl)c1O. The Labute approximate surface area is 122 Å². The Balaban J connectivity index is 2.26. The maximum absolute atomic E-state index is 12.0. The number of methoxy groups -OCH3 is 1. The number of rotatable bonds is 4. The molecule has 0 atom stereocenters. The van der Waals surface area contributed by atoms with Crippen LogP contribution in [-0.4, -0.2) is 18.0 Å². The van der Waals surface area contributed by atoms with Gasteiger partial charge in [0, 0.05) is 11.1 Å². The molecule has 0 spiro atoms. The first-order chi connectivity index (χ1) is 9.63. The lowest BCUT2D eigenvalue weighted by Gasteiger charge is -2.05.